The summed E-state index contributed by atoms with van der Waals surface area (Å²) in [5.74, 6) is 0. The van der Waals surface area contributed by atoms with Crippen molar-refractivity contribution in [3.05, 3.63) is 396 Å². The van der Waals surface area contributed by atoms with Crippen LogP contribution in [0.25, 0.3) is 100 Å². The predicted molar refractivity (Wildman–Crippen MR) is 442 cm³/mol. The second-order valence-electron chi connectivity index (χ2n) is 30.2. The molecular formula is C102H84N2. The highest BCUT2D eigenvalue weighted by Crippen LogP contribution is 2.56. The summed E-state index contributed by atoms with van der Waals surface area (Å²) in [6.45, 7) is 21.0. The molecule has 15 aromatic rings. The van der Waals surface area contributed by atoms with Gasteiger partial charge in [0, 0.05) is 44.7 Å². The number of fused-ring (bicyclic) bond motifs is 9. The molecule has 0 fully saturated rings. The average Bonchev–Trinajstić information content (AvgIpc) is 1.56. The quantitative estimate of drug-likeness (QED) is 0.120. The van der Waals surface area contributed by atoms with Gasteiger partial charge < -0.3 is 9.80 Å². The fourth-order valence-electron chi connectivity index (χ4n) is 17.2. The maximum absolute atomic E-state index is 2.53. The van der Waals surface area contributed by atoms with Gasteiger partial charge in [0.2, 0.25) is 0 Å². The molecule has 0 radical (unpaired) electrons. The summed E-state index contributed by atoms with van der Waals surface area (Å²) in [4.78, 5) is 4.95. The summed E-state index contributed by atoms with van der Waals surface area (Å²) in [5, 5.41) is 0. The van der Waals surface area contributed by atoms with Gasteiger partial charge in [-0.05, 0) is 268 Å². The number of rotatable bonds is 12. The Labute approximate surface area is 614 Å². The zero-order chi connectivity index (χ0) is 71.0. The van der Waals surface area contributed by atoms with E-state index in [0.29, 0.717) is 0 Å². The highest BCUT2D eigenvalue weighted by atomic mass is 15.2. The Balaban J connectivity index is 0.000000157. The normalized spacial score (nSPS) is 13.5. The SMILES string of the molecule is Cc1cc(-c2cc(-c3ccccc3)cc(-c3ccccc3)c2)cc(C)c1N(c1ccc2c(c1)C(C)(C)c1ccccc1-2)c1ccc2c(c1)C(C)(C)c1ccccc1-2.Cc1cc(-c2cccc(-c3ccccc3)c2)ccc1N(c1ccc(-c2ccccc2)cc1)c1ccc2c(c1)C(C)(C)c1ccccc1-2. The first-order valence-corrected chi connectivity index (χ1v) is 36.7. The molecule has 3 aliphatic rings. The smallest absolute Gasteiger partial charge is 0.0520 e. The predicted octanol–water partition coefficient (Wildman–Crippen LogP) is 28.2. The van der Waals surface area contributed by atoms with Gasteiger partial charge in [0.1, 0.15) is 0 Å². The first-order chi connectivity index (χ1) is 50.6. The van der Waals surface area contributed by atoms with E-state index in [9.17, 15) is 0 Å². The van der Waals surface area contributed by atoms with Crippen LogP contribution in [-0.2, 0) is 16.2 Å². The minimum atomic E-state index is -0.108. The number of nitrogens with zero attached hydrogens (tertiary/aromatic N) is 2. The van der Waals surface area contributed by atoms with E-state index < -0.39 is 0 Å². The van der Waals surface area contributed by atoms with Crippen molar-refractivity contribution in [2.45, 2.75) is 78.6 Å². The number of aryl methyl sites for hydroxylation is 3. The molecule has 0 saturated carbocycles. The monoisotopic (exact) mass is 1340 g/mol. The third-order valence-corrected chi connectivity index (χ3v) is 22.6. The Morgan fingerprint density at radius 1 is 0.183 bits per heavy atom. The molecule has 0 spiro atoms. The molecule has 0 bridgehead atoms. The molecule has 0 saturated heterocycles. The lowest BCUT2D eigenvalue weighted by Gasteiger charge is -2.32. The van der Waals surface area contributed by atoms with E-state index in [2.05, 4.69) is 418 Å². The van der Waals surface area contributed by atoms with E-state index in [1.807, 2.05) is 0 Å². The number of hydrogen-bond donors (Lipinski definition) is 0. The molecule has 2 nitrogen and oxygen atoms in total. The number of hydrogen-bond acceptors (Lipinski definition) is 2. The zero-order valence-electron chi connectivity index (χ0n) is 60.8. The lowest BCUT2D eigenvalue weighted by atomic mass is 9.82. The summed E-state index contributed by atoms with van der Waals surface area (Å²) in [7, 11) is 0. The second-order valence-corrected chi connectivity index (χ2v) is 30.2. The first kappa shape index (κ1) is 65.2. The van der Waals surface area contributed by atoms with Crippen LogP contribution in [0.4, 0.5) is 34.1 Å². The fourth-order valence-corrected chi connectivity index (χ4v) is 17.2. The fraction of sp³-hybridized carbons (Fsp3) is 0.118. The second kappa shape index (κ2) is 26.1. The van der Waals surface area contributed by atoms with Gasteiger partial charge in [-0.3, -0.25) is 0 Å². The van der Waals surface area contributed by atoms with E-state index in [4.69, 9.17) is 0 Å². The maximum Gasteiger partial charge on any atom is 0.0520 e. The van der Waals surface area contributed by atoms with Crippen molar-refractivity contribution in [3.8, 4) is 100 Å². The lowest BCUT2D eigenvalue weighted by molar-refractivity contribution is 0.660. The van der Waals surface area contributed by atoms with Crippen LogP contribution in [0.1, 0.15) is 91.6 Å². The Kier molecular flexibility index (Phi) is 16.3. The van der Waals surface area contributed by atoms with Gasteiger partial charge in [-0.2, -0.15) is 0 Å². The Morgan fingerprint density at radius 2 is 0.452 bits per heavy atom. The van der Waals surface area contributed by atoms with Crippen LogP contribution in [0.3, 0.4) is 0 Å². The number of benzene rings is 15. The average molecular weight is 1340 g/mol. The molecule has 0 unspecified atom stereocenters. The van der Waals surface area contributed by atoms with E-state index in [-0.39, 0.29) is 16.2 Å². The van der Waals surface area contributed by atoms with E-state index in [1.54, 1.807) is 0 Å². The van der Waals surface area contributed by atoms with Gasteiger partial charge in [-0.25, -0.2) is 0 Å². The molecule has 0 amide bonds. The maximum atomic E-state index is 2.53. The molecule has 3 aliphatic carbocycles. The molecule has 0 N–H and O–H groups in total. The molecule has 15 aromatic carbocycles. The van der Waals surface area contributed by atoms with Gasteiger partial charge in [-0.15, -0.1) is 0 Å². The van der Waals surface area contributed by atoms with E-state index >= 15 is 0 Å². The van der Waals surface area contributed by atoms with Crippen molar-refractivity contribution in [1.29, 1.82) is 0 Å². The standard InChI is InChI=1S/C56H47N.C46H37N/c1-36-29-40(43-32-41(38-17-9-7-10-18-38)31-42(33-43)39-19-11-8-12-20-39)30-37(2)54(36)57(44-25-27-48-46-21-13-15-23-50(46)55(3,4)52(48)34-44)45-26-28-49-47-22-14-16-24-51(47)56(5,6)53(49)35-45;1-32-29-38(37-18-12-17-36(30-37)34-15-8-5-9-16-34)23-28-45(32)47(39-24-21-35(22-25-39)33-13-6-4-7-14-33)40-26-27-42-41-19-10-11-20-43(41)46(2,3)44(42)31-40/h7-35H,1-6H3;4-31H,1-3H3. The van der Waals surface area contributed by atoms with Crippen LogP contribution in [0.2, 0.25) is 0 Å². The molecule has 502 valence electrons. The Bertz CT molecular complexity index is 5590. The molecule has 0 atom stereocenters. The summed E-state index contributed by atoms with van der Waals surface area (Å²) in [6, 6.07) is 127. The first-order valence-electron chi connectivity index (χ1n) is 36.7. The van der Waals surface area contributed by atoms with Gasteiger partial charge >= 0.3 is 0 Å². The van der Waals surface area contributed by atoms with Gasteiger partial charge in [0.05, 0.1) is 5.69 Å². The third kappa shape index (κ3) is 11.5. The van der Waals surface area contributed by atoms with Gasteiger partial charge in [-0.1, -0.05) is 290 Å². The van der Waals surface area contributed by atoms with Crippen LogP contribution >= 0.6 is 0 Å². The van der Waals surface area contributed by atoms with Crippen molar-refractivity contribution >= 4 is 34.1 Å². The van der Waals surface area contributed by atoms with Crippen molar-refractivity contribution in [3.63, 3.8) is 0 Å². The van der Waals surface area contributed by atoms with Crippen molar-refractivity contribution in [2.75, 3.05) is 9.80 Å². The molecule has 104 heavy (non-hydrogen) atoms. The molecular weight excluding hydrogens is 1250 g/mol. The van der Waals surface area contributed by atoms with Crippen molar-refractivity contribution in [1.82, 2.24) is 0 Å². The molecule has 2 heteroatoms. The Hall–Kier alpha value is -12.1. The van der Waals surface area contributed by atoms with Crippen molar-refractivity contribution < 1.29 is 0 Å². The summed E-state index contributed by atoms with van der Waals surface area (Å²) in [6.07, 6.45) is 0. The minimum Gasteiger partial charge on any atom is -0.310 e. The summed E-state index contributed by atoms with van der Waals surface area (Å²) >= 11 is 0. The minimum absolute atomic E-state index is 0.0759. The van der Waals surface area contributed by atoms with E-state index in [1.165, 1.54) is 179 Å². The Morgan fingerprint density at radius 3 is 0.865 bits per heavy atom. The third-order valence-electron chi connectivity index (χ3n) is 22.6. The van der Waals surface area contributed by atoms with Crippen LogP contribution in [0.15, 0.2) is 346 Å². The highest BCUT2D eigenvalue weighted by Gasteiger charge is 2.39. The van der Waals surface area contributed by atoms with Crippen LogP contribution in [-0.4, -0.2) is 0 Å². The zero-order valence-corrected chi connectivity index (χ0v) is 60.8. The van der Waals surface area contributed by atoms with E-state index in [0.717, 1.165) is 5.69 Å². The lowest BCUT2D eigenvalue weighted by Crippen LogP contribution is -2.18. The van der Waals surface area contributed by atoms with Crippen LogP contribution < -0.4 is 9.80 Å². The summed E-state index contributed by atoms with van der Waals surface area (Å²) < 4.78 is 0. The molecule has 0 aromatic heterocycles. The molecule has 0 aliphatic heterocycles. The van der Waals surface area contributed by atoms with Gasteiger partial charge in [0.25, 0.3) is 0 Å². The molecule has 18 rings (SSSR count). The number of anilines is 6. The largest absolute Gasteiger partial charge is 0.310 e. The highest BCUT2D eigenvalue weighted by molar-refractivity contribution is 5.93. The van der Waals surface area contributed by atoms with Crippen LogP contribution in [0, 0.1) is 20.8 Å². The van der Waals surface area contributed by atoms with Crippen molar-refractivity contribution in [2.24, 2.45) is 0 Å². The topological polar surface area (TPSA) is 6.48 Å². The van der Waals surface area contributed by atoms with Gasteiger partial charge in [0.15, 0.2) is 0 Å². The molecule has 0 heterocycles. The van der Waals surface area contributed by atoms with Crippen LogP contribution in [0.5, 0.6) is 0 Å². The summed E-state index contributed by atoms with van der Waals surface area (Å²) in [5.41, 5.74) is 41.4.